The number of alkyl halides is 3. The van der Waals surface area contributed by atoms with Crippen molar-refractivity contribution in [1.29, 1.82) is 0 Å². The van der Waals surface area contributed by atoms with Crippen LogP contribution in [0.5, 0.6) is 0 Å². The van der Waals surface area contributed by atoms with Crippen molar-refractivity contribution in [3.8, 4) is 0 Å². The summed E-state index contributed by atoms with van der Waals surface area (Å²) in [5.41, 5.74) is 0.457. The highest BCUT2D eigenvalue weighted by Crippen LogP contribution is 2.27. The topological polar surface area (TPSA) is 124 Å². The Hall–Kier alpha value is -3.42. The molecule has 0 aliphatic carbocycles. The monoisotopic (exact) mass is 526 g/mol. The van der Waals surface area contributed by atoms with Crippen molar-refractivity contribution >= 4 is 33.3 Å². The Bertz CT molecular complexity index is 1150. The van der Waals surface area contributed by atoms with Gasteiger partial charge in [0.05, 0.1) is 16.1 Å². The summed E-state index contributed by atoms with van der Waals surface area (Å²) in [6.07, 6.45) is -3.44. The first-order valence-electron chi connectivity index (χ1n) is 10.0. The van der Waals surface area contributed by atoms with Crippen molar-refractivity contribution < 1.29 is 50.2 Å². The lowest BCUT2D eigenvalue weighted by molar-refractivity contribution is -0.192. The van der Waals surface area contributed by atoms with Gasteiger partial charge in [0.1, 0.15) is 0 Å². The quantitative estimate of drug-likeness (QED) is 0.404. The van der Waals surface area contributed by atoms with Crippen LogP contribution in [0.15, 0.2) is 41.3 Å². The molecule has 0 atom stereocenters. The average Bonchev–Trinajstić information content (AvgIpc) is 2.75. The van der Waals surface area contributed by atoms with Gasteiger partial charge in [0.15, 0.2) is 11.6 Å². The number of aliphatic carboxylic acids is 1. The van der Waals surface area contributed by atoms with Crippen LogP contribution in [-0.4, -0.2) is 49.8 Å². The SMILES string of the molecule is CCCN(CCC)c1ccc(NS(=O)(=O)c2ccc(F)c(F)c2)cc1C(=O)O.O=C(O)C(F)(F)F. The second kappa shape index (κ2) is 12.3. The Morgan fingerprint density at radius 3 is 1.91 bits per heavy atom. The van der Waals surface area contributed by atoms with Crippen LogP contribution >= 0.6 is 0 Å². The molecule has 0 amide bonds. The van der Waals surface area contributed by atoms with Crippen molar-refractivity contribution in [1.82, 2.24) is 0 Å². The van der Waals surface area contributed by atoms with E-state index in [2.05, 4.69) is 4.72 Å². The van der Waals surface area contributed by atoms with Crippen LogP contribution in [0.3, 0.4) is 0 Å². The molecule has 3 N–H and O–H groups in total. The van der Waals surface area contributed by atoms with E-state index < -0.39 is 44.7 Å². The summed E-state index contributed by atoms with van der Waals surface area (Å²) in [5.74, 6) is -6.41. The Kier molecular flexibility index (Phi) is 10.4. The van der Waals surface area contributed by atoms with Gasteiger partial charge in [-0.1, -0.05) is 13.8 Å². The molecule has 0 saturated carbocycles. The summed E-state index contributed by atoms with van der Waals surface area (Å²) in [6.45, 7) is 5.28. The highest BCUT2D eigenvalue weighted by molar-refractivity contribution is 7.92. The lowest BCUT2D eigenvalue weighted by Gasteiger charge is -2.25. The van der Waals surface area contributed by atoms with Gasteiger partial charge >= 0.3 is 18.1 Å². The molecule has 0 aliphatic heterocycles. The summed E-state index contributed by atoms with van der Waals surface area (Å²) < 4.78 is 85.2. The van der Waals surface area contributed by atoms with Crippen molar-refractivity contribution in [3.05, 3.63) is 53.6 Å². The number of halogens is 5. The highest BCUT2D eigenvalue weighted by atomic mass is 32.2. The third-order valence-corrected chi connectivity index (χ3v) is 5.63. The number of carboxylic acids is 2. The minimum Gasteiger partial charge on any atom is -0.478 e. The fourth-order valence-corrected chi connectivity index (χ4v) is 3.86. The molecule has 2 aromatic rings. The first kappa shape index (κ1) is 29.6. The molecule has 0 saturated heterocycles. The number of hydrogen-bond donors (Lipinski definition) is 3. The highest BCUT2D eigenvalue weighted by Gasteiger charge is 2.38. The van der Waals surface area contributed by atoms with E-state index in [0.29, 0.717) is 30.9 Å². The third-order valence-electron chi connectivity index (χ3n) is 4.25. The molecule has 14 heteroatoms. The van der Waals surface area contributed by atoms with E-state index in [0.717, 1.165) is 18.9 Å². The average molecular weight is 526 g/mol. The molecule has 0 fully saturated rings. The van der Waals surface area contributed by atoms with Gasteiger partial charge in [0.25, 0.3) is 10.0 Å². The van der Waals surface area contributed by atoms with Gasteiger partial charge in [0.2, 0.25) is 0 Å². The summed E-state index contributed by atoms with van der Waals surface area (Å²) >= 11 is 0. The van der Waals surface area contributed by atoms with E-state index in [1.54, 1.807) is 0 Å². The smallest absolute Gasteiger partial charge is 0.478 e. The molecule has 2 aromatic carbocycles. The maximum absolute atomic E-state index is 13.4. The largest absolute Gasteiger partial charge is 0.490 e. The number of sulfonamides is 1. The first-order valence-corrected chi connectivity index (χ1v) is 11.5. The Morgan fingerprint density at radius 2 is 1.49 bits per heavy atom. The van der Waals surface area contributed by atoms with Gasteiger partial charge in [-0.25, -0.2) is 26.8 Å². The zero-order valence-corrected chi connectivity index (χ0v) is 19.4. The van der Waals surface area contributed by atoms with Gasteiger partial charge in [-0.05, 0) is 49.2 Å². The van der Waals surface area contributed by atoms with Crippen LogP contribution in [0.4, 0.5) is 33.3 Å². The van der Waals surface area contributed by atoms with Crippen molar-refractivity contribution in [2.24, 2.45) is 0 Å². The second-order valence-electron chi connectivity index (χ2n) is 7.01. The minimum atomic E-state index is -5.08. The summed E-state index contributed by atoms with van der Waals surface area (Å²) in [4.78, 5) is 22.1. The number of hydrogen-bond acceptors (Lipinski definition) is 5. The van der Waals surface area contributed by atoms with Gasteiger partial charge in [0, 0.05) is 18.8 Å². The number of carbonyl (C=O) groups is 2. The molecular formula is C21H23F5N2O6S. The van der Waals surface area contributed by atoms with Crippen LogP contribution < -0.4 is 9.62 Å². The zero-order chi connectivity index (χ0) is 27.0. The van der Waals surface area contributed by atoms with E-state index in [-0.39, 0.29) is 11.3 Å². The molecule has 2 rings (SSSR count). The van der Waals surface area contributed by atoms with E-state index >= 15 is 0 Å². The van der Waals surface area contributed by atoms with E-state index in [9.17, 15) is 40.3 Å². The predicted molar refractivity (Wildman–Crippen MR) is 117 cm³/mol. The molecule has 0 unspecified atom stereocenters. The molecule has 0 aromatic heterocycles. The second-order valence-corrected chi connectivity index (χ2v) is 8.69. The van der Waals surface area contributed by atoms with Crippen molar-refractivity contribution in [2.75, 3.05) is 22.7 Å². The van der Waals surface area contributed by atoms with E-state index in [1.165, 1.54) is 18.2 Å². The van der Waals surface area contributed by atoms with Crippen molar-refractivity contribution in [3.63, 3.8) is 0 Å². The Labute approximate surface area is 198 Å². The number of nitrogens with zero attached hydrogens (tertiary/aromatic N) is 1. The Morgan fingerprint density at radius 1 is 0.943 bits per heavy atom. The number of rotatable bonds is 9. The zero-order valence-electron chi connectivity index (χ0n) is 18.6. The summed E-state index contributed by atoms with van der Waals surface area (Å²) in [7, 11) is -4.21. The molecule has 0 bridgehead atoms. The fourth-order valence-electron chi connectivity index (χ4n) is 2.80. The van der Waals surface area contributed by atoms with Crippen LogP contribution in [0, 0.1) is 11.6 Å². The van der Waals surface area contributed by atoms with Gasteiger partial charge in [-0.3, -0.25) is 4.72 Å². The molecule has 8 nitrogen and oxygen atoms in total. The van der Waals surface area contributed by atoms with Crippen LogP contribution in [-0.2, 0) is 14.8 Å². The molecule has 0 heterocycles. The van der Waals surface area contributed by atoms with Crippen molar-refractivity contribution in [2.45, 2.75) is 37.8 Å². The number of benzene rings is 2. The maximum atomic E-state index is 13.4. The van der Waals surface area contributed by atoms with Gasteiger partial charge < -0.3 is 15.1 Å². The van der Waals surface area contributed by atoms with E-state index in [1.807, 2.05) is 18.7 Å². The third kappa shape index (κ3) is 8.70. The minimum absolute atomic E-state index is 0.0128. The van der Waals surface area contributed by atoms with Crippen LogP contribution in [0.2, 0.25) is 0 Å². The maximum Gasteiger partial charge on any atom is 0.490 e. The normalized spacial score (nSPS) is 11.3. The molecule has 0 radical (unpaired) electrons. The first-order chi connectivity index (χ1) is 16.1. The summed E-state index contributed by atoms with van der Waals surface area (Å²) in [5, 5.41) is 16.7. The Balaban J connectivity index is 0.000000762. The summed E-state index contributed by atoms with van der Waals surface area (Å²) in [6, 6.07) is 6.40. The molecule has 0 aliphatic rings. The lowest BCUT2D eigenvalue weighted by atomic mass is 10.1. The molecule has 0 spiro atoms. The lowest BCUT2D eigenvalue weighted by Crippen LogP contribution is -2.27. The number of anilines is 2. The predicted octanol–water partition coefficient (Wildman–Crippen LogP) is 4.72. The molecular weight excluding hydrogens is 503 g/mol. The van der Waals surface area contributed by atoms with Crippen LogP contribution in [0.25, 0.3) is 0 Å². The van der Waals surface area contributed by atoms with E-state index in [4.69, 9.17) is 9.90 Å². The number of nitrogens with one attached hydrogen (secondary N) is 1. The standard InChI is InChI=1S/C19H22F2N2O4S.C2HF3O2/c1-3-9-23(10-4-2)18-8-5-13(11-15(18)19(24)25)22-28(26,27)14-6-7-16(20)17(21)12-14;3-2(4,5)1(6)7/h5-8,11-12,22H,3-4,9-10H2,1-2H3,(H,24,25);(H,6,7). The molecule has 35 heavy (non-hydrogen) atoms. The fraction of sp³-hybridized carbons (Fsp3) is 0.333. The number of carboxylic acid groups (broad SMARTS) is 2. The van der Waals surface area contributed by atoms with Crippen LogP contribution in [0.1, 0.15) is 37.0 Å². The van der Waals surface area contributed by atoms with Gasteiger partial charge in [-0.2, -0.15) is 13.2 Å². The molecule has 194 valence electrons. The van der Waals surface area contributed by atoms with Gasteiger partial charge in [-0.15, -0.1) is 0 Å². The number of aromatic carboxylic acids is 1.